The molecule has 7 heteroatoms. The van der Waals surface area contributed by atoms with E-state index in [1.54, 1.807) is 6.20 Å². The van der Waals surface area contributed by atoms with Crippen LogP contribution in [0.15, 0.2) is 30.5 Å². The molecule has 1 N–H and O–H groups in total. The van der Waals surface area contributed by atoms with Gasteiger partial charge in [0.15, 0.2) is 0 Å². The predicted molar refractivity (Wildman–Crippen MR) is 112 cm³/mol. The molecule has 0 bridgehead atoms. The zero-order chi connectivity index (χ0) is 19.5. The minimum atomic E-state index is 0.101. The van der Waals surface area contributed by atoms with Crippen molar-refractivity contribution in [3.63, 3.8) is 0 Å². The maximum atomic E-state index is 12.5. The van der Waals surface area contributed by atoms with Gasteiger partial charge in [-0.05, 0) is 36.6 Å². The van der Waals surface area contributed by atoms with Crippen molar-refractivity contribution in [3.05, 3.63) is 35.5 Å². The number of pyridine rings is 1. The lowest BCUT2D eigenvalue weighted by Crippen LogP contribution is -2.53. The minimum absolute atomic E-state index is 0.101. The number of anilines is 1. The van der Waals surface area contributed by atoms with E-state index < -0.39 is 0 Å². The first-order valence-corrected chi connectivity index (χ1v) is 10.4. The number of nitrogens with zero attached hydrogens (tertiary/aromatic N) is 3. The second kappa shape index (κ2) is 8.64. The number of carbonyl (C=O) groups excluding carboxylic acids is 1. The molecule has 2 aliphatic heterocycles. The summed E-state index contributed by atoms with van der Waals surface area (Å²) in [6.07, 6.45) is 2.76. The van der Waals surface area contributed by atoms with E-state index in [0.717, 1.165) is 49.2 Å². The van der Waals surface area contributed by atoms with E-state index in [0.29, 0.717) is 30.7 Å². The van der Waals surface area contributed by atoms with Crippen molar-refractivity contribution >= 4 is 34.1 Å². The van der Waals surface area contributed by atoms with E-state index in [4.69, 9.17) is 16.3 Å². The third-order valence-corrected chi connectivity index (χ3v) is 5.84. The van der Waals surface area contributed by atoms with Crippen molar-refractivity contribution in [2.24, 2.45) is 5.92 Å². The molecule has 2 aromatic rings. The number of nitrogens with one attached hydrogen (secondary N) is 1. The Bertz CT molecular complexity index is 840. The van der Waals surface area contributed by atoms with Crippen LogP contribution in [0.2, 0.25) is 5.02 Å². The number of halogens is 1. The van der Waals surface area contributed by atoms with Crippen molar-refractivity contribution in [2.75, 3.05) is 50.8 Å². The Morgan fingerprint density at radius 2 is 2.11 bits per heavy atom. The van der Waals surface area contributed by atoms with E-state index >= 15 is 0 Å². The number of benzene rings is 1. The van der Waals surface area contributed by atoms with Gasteiger partial charge in [0, 0.05) is 49.5 Å². The smallest absolute Gasteiger partial charge is 0.234 e. The number of hydrogen-bond acceptors (Lipinski definition) is 5. The molecule has 1 aromatic heterocycles. The van der Waals surface area contributed by atoms with Gasteiger partial charge in [0.05, 0.1) is 30.3 Å². The van der Waals surface area contributed by atoms with Crippen LogP contribution in [0.1, 0.15) is 13.3 Å². The molecule has 2 aliphatic rings. The third kappa shape index (κ3) is 4.40. The topological polar surface area (TPSA) is 57.7 Å². The zero-order valence-corrected chi connectivity index (χ0v) is 17.0. The van der Waals surface area contributed by atoms with Gasteiger partial charge in [0.1, 0.15) is 0 Å². The molecule has 0 unspecified atom stereocenters. The number of rotatable bonds is 4. The van der Waals surface area contributed by atoms with Crippen LogP contribution in [0.3, 0.4) is 0 Å². The van der Waals surface area contributed by atoms with Gasteiger partial charge >= 0.3 is 0 Å². The summed E-state index contributed by atoms with van der Waals surface area (Å²) in [6.45, 7) is 7.51. The summed E-state index contributed by atoms with van der Waals surface area (Å²) in [7, 11) is 0. The van der Waals surface area contributed by atoms with Crippen molar-refractivity contribution in [2.45, 2.75) is 19.4 Å². The number of morpholine rings is 1. The number of amides is 1. The number of carbonyl (C=O) groups is 1. The van der Waals surface area contributed by atoms with Crippen molar-refractivity contribution in [1.82, 2.24) is 15.2 Å². The Kier molecular flexibility index (Phi) is 5.99. The summed E-state index contributed by atoms with van der Waals surface area (Å²) in [5, 5.41) is 4.98. The van der Waals surface area contributed by atoms with E-state index in [9.17, 15) is 4.79 Å². The summed E-state index contributed by atoms with van der Waals surface area (Å²) in [5.74, 6) is 0.591. The summed E-state index contributed by atoms with van der Waals surface area (Å²) in [6, 6.07) is 8.13. The van der Waals surface area contributed by atoms with Crippen LogP contribution in [0.5, 0.6) is 0 Å². The molecular weight excluding hydrogens is 376 g/mol. The van der Waals surface area contributed by atoms with Crippen LogP contribution in [-0.2, 0) is 9.53 Å². The lowest BCUT2D eigenvalue weighted by Gasteiger charge is -2.39. The largest absolute Gasteiger partial charge is 0.379 e. The third-order valence-electron chi connectivity index (χ3n) is 5.53. The molecule has 0 aliphatic carbocycles. The molecule has 1 amide bonds. The molecular formula is C21H27ClN4O2. The van der Waals surface area contributed by atoms with Crippen LogP contribution in [0, 0.1) is 5.92 Å². The van der Waals surface area contributed by atoms with Crippen molar-refractivity contribution < 1.29 is 9.53 Å². The van der Waals surface area contributed by atoms with Gasteiger partial charge in [0.2, 0.25) is 5.91 Å². The summed E-state index contributed by atoms with van der Waals surface area (Å²) < 4.78 is 5.36. The summed E-state index contributed by atoms with van der Waals surface area (Å²) >= 11 is 6.34. The molecule has 2 atom stereocenters. The lowest BCUT2D eigenvalue weighted by atomic mass is 9.94. The molecule has 3 heterocycles. The second-order valence-electron chi connectivity index (χ2n) is 7.86. The number of ether oxygens (including phenoxy) is 1. The highest BCUT2D eigenvalue weighted by Gasteiger charge is 2.27. The van der Waals surface area contributed by atoms with Crippen LogP contribution >= 0.6 is 11.6 Å². The molecule has 0 radical (unpaired) electrons. The number of fused-ring (bicyclic) bond motifs is 1. The Morgan fingerprint density at radius 3 is 2.93 bits per heavy atom. The maximum Gasteiger partial charge on any atom is 0.234 e. The van der Waals surface area contributed by atoms with Gasteiger partial charge in [0.25, 0.3) is 0 Å². The van der Waals surface area contributed by atoms with Gasteiger partial charge in [-0.2, -0.15) is 0 Å². The first-order chi connectivity index (χ1) is 13.6. The highest BCUT2D eigenvalue weighted by Crippen LogP contribution is 2.33. The molecule has 2 saturated heterocycles. The molecule has 6 nitrogen and oxygen atoms in total. The SMILES string of the molecule is C[C@H]1C[C@@H](NC(=O)CN2CCOCC2)CN(c2ccc(Cl)c3ncccc23)C1. The predicted octanol–water partition coefficient (Wildman–Crippen LogP) is 2.55. The summed E-state index contributed by atoms with van der Waals surface area (Å²) in [4.78, 5) is 21.5. The monoisotopic (exact) mass is 402 g/mol. The molecule has 2 fully saturated rings. The standard InChI is InChI=1S/C21H27ClN4O2/c1-15-11-16(24-20(27)14-25-7-9-28-10-8-25)13-26(12-15)19-5-4-18(22)21-17(19)3-2-6-23-21/h2-6,15-16H,7-14H2,1H3,(H,24,27)/t15-,16+/m0/s1. The Balaban J connectivity index is 1.46. The average Bonchev–Trinajstić information content (AvgIpc) is 2.68. The fraction of sp³-hybridized carbons (Fsp3) is 0.524. The van der Waals surface area contributed by atoms with E-state index in [-0.39, 0.29) is 11.9 Å². The van der Waals surface area contributed by atoms with Gasteiger partial charge in [-0.25, -0.2) is 0 Å². The number of aromatic nitrogens is 1. The van der Waals surface area contributed by atoms with Crippen LogP contribution in [0.4, 0.5) is 5.69 Å². The van der Waals surface area contributed by atoms with Gasteiger partial charge < -0.3 is 15.0 Å². The van der Waals surface area contributed by atoms with E-state index in [2.05, 4.69) is 39.2 Å². The Hall–Kier alpha value is -1.89. The minimum Gasteiger partial charge on any atom is -0.379 e. The van der Waals surface area contributed by atoms with Crippen LogP contribution < -0.4 is 10.2 Å². The van der Waals surface area contributed by atoms with E-state index in [1.165, 1.54) is 0 Å². The Labute approximate surface area is 170 Å². The van der Waals surface area contributed by atoms with E-state index in [1.807, 2.05) is 12.1 Å². The fourth-order valence-electron chi connectivity index (χ4n) is 4.29. The Morgan fingerprint density at radius 1 is 1.29 bits per heavy atom. The van der Waals surface area contributed by atoms with Crippen LogP contribution in [-0.4, -0.2) is 67.8 Å². The average molecular weight is 403 g/mol. The second-order valence-corrected chi connectivity index (χ2v) is 8.27. The van der Waals surface area contributed by atoms with Crippen molar-refractivity contribution in [1.29, 1.82) is 0 Å². The van der Waals surface area contributed by atoms with Crippen LogP contribution in [0.25, 0.3) is 10.9 Å². The fourth-order valence-corrected chi connectivity index (χ4v) is 4.50. The van der Waals surface area contributed by atoms with Gasteiger partial charge in [-0.3, -0.25) is 14.7 Å². The molecule has 28 heavy (non-hydrogen) atoms. The highest BCUT2D eigenvalue weighted by molar-refractivity contribution is 6.35. The maximum absolute atomic E-state index is 12.5. The lowest BCUT2D eigenvalue weighted by molar-refractivity contribution is -0.124. The first kappa shape index (κ1) is 19.4. The summed E-state index contributed by atoms with van der Waals surface area (Å²) in [5.41, 5.74) is 1.96. The highest BCUT2D eigenvalue weighted by atomic mass is 35.5. The first-order valence-electron chi connectivity index (χ1n) is 9.98. The molecule has 0 saturated carbocycles. The zero-order valence-electron chi connectivity index (χ0n) is 16.2. The molecule has 150 valence electrons. The molecule has 1 aromatic carbocycles. The molecule has 4 rings (SSSR count). The quantitative estimate of drug-likeness (QED) is 0.851. The number of hydrogen-bond donors (Lipinski definition) is 1. The normalized spacial score (nSPS) is 23.7. The van der Waals surface area contributed by atoms with Gasteiger partial charge in [-0.1, -0.05) is 18.5 Å². The number of piperidine rings is 1. The van der Waals surface area contributed by atoms with Gasteiger partial charge in [-0.15, -0.1) is 0 Å². The molecule has 0 spiro atoms. The van der Waals surface area contributed by atoms with Crippen molar-refractivity contribution in [3.8, 4) is 0 Å².